The normalized spacial score (nSPS) is 10.6. The average molecular weight is 297 g/mol. The van der Waals surface area contributed by atoms with Crippen molar-refractivity contribution in [2.24, 2.45) is 0 Å². The summed E-state index contributed by atoms with van der Waals surface area (Å²) in [6.45, 7) is 0.194. The first kappa shape index (κ1) is 13.9. The number of carbonyl (C=O) groups excluding carboxylic acids is 1. The molecule has 7 nitrogen and oxygen atoms in total. The number of H-pyrrole nitrogens is 1. The zero-order chi connectivity index (χ0) is 15.5. The van der Waals surface area contributed by atoms with Crippen LogP contribution >= 0.6 is 0 Å². The fourth-order valence-corrected chi connectivity index (χ4v) is 2.16. The van der Waals surface area contributed by atoms with Gasteiger partial charge in [0, 0.05) is 36.6 Å². The molecule has 3 N–H and O–H groups in total. The number of nitrogens with one attached hydrogen (secondary N) is 3. The lowest BCUT2D eigenvalue weighted by Gasteiger charge is -2.07. The van der Waals surface area contributed by atoms with Crippen LogP contribution in [0.1, 0.15) is 16.1 Å². The van der Waals surface area contributed by atoms with E-state index >= 15 is 0 Å². The Bertz CT molecular complexity index is 881. The van der Waals surface area contributed by atoms with Crippen LogP contribution in [0, 0.1) is 0 Å². The molecular formula is C15H15N5O2. The van der Waals surface area contributed by atoms with Gasteiger partial charge < -0.3 is 10.6 Å². The first-order valence-electron chi connectivity index (χ1n) is 6.79. The third-order valence-corrected chi connectivity index (χ3v) is 3.28. The summed E-state index contributed by atoms with van der Waals surface area (Å²) in [5, 5.41) is 8.51. The Morgan fingerprint density at radius 1 is 1.32 bits per heavy atom. The smallest absolute Gasteiger partial charge is 0.272 e. The third-order valence-electron chi connectivity index (χ3n) is 3.28. The third kappa shape index (κ3) is 2.69. The summed E-state index contributed by atoms with van der Waals surface area (Å²) in [7, 11) is 1.79. The predicted octanol–water partition coefficient (Wildman–Crippen LogP) is 0.994. The van der Waals surface area contributed by atoms with E-state index in [-0.39, 0.29) is 18.0 Å². The Labute approximate surface area is 126 Å². The molecular weight excluding hydrogens is 282 g/mol. The van der Waals surface area contributed by atoms with Gasteiger partial charge >= 0.3 is 0 Å². The minimum absolute atomic E-state index is 0.194. The molecule has 7 heteroatoms. The van der Waals surface area contributed by atoms with Crippen LogP contribution in [-0.4, -0.2) is 27.6 Å². The van der Waals surface area contributed by atoms with Crippen molar-refractivity contribution in [3.05, 3.63) is 64.2 Å². The molecule has 0 spiro atoms. The molecule has 3 aromatic rings. The molecule has 0 atom stereocenters. The molecule has 0 unspecified atom stereocenters. The molecule has 0 aliphatic carbocycles. The van der Waals surface area contributed by atoms with E-state index in [1.165, 1.54) is 10.6 Å². The molecule has 112 valence electrons. The van der Waals surface area contributed by atoms with E-state index in [0.717, 1.165) is 5.69 Å². The van der Waals surface area contributed by atoms with Gasteiger partial charge in [-0.3, -0.25) is 14.7 Å². The molecule has 2 heterocycles. The number of benzene rings is 1. The van der Waals surface area contributed by atoms with Gasteiger partial charge in [0.05, 0.1) is 12.2 Å². The van der Waals surface area contributed by atoms with Gasteiger partial charge in [-0.05, 0) is 18.2 Å². The molecule has 2 aromatic heterocycles. The van der Waals surface area contributed by atoms with Gasteiger partial charge in [-0.1, -0.05) is 6.07 Å². The van der Waals surface area contributed by atoms with Crippen LogP contribution in [0.2, 0.25) is 0 Å². The largest absolute Gasteiger partial charge is 0.388 e. The number of carbonyl (C=O) groups is 1. The number of hydrogen-bond donors (Lipinski definition) is 3. The molecule has 0 aliphatic rings. The zero-order valence-electron chi connectivity index (χ0n) is 12.0. The Morgan fingerprint density at radius 2 is 2.18 bits per heavy atom. The van der Waals surface area contributed by atoms with E-state index in [2.05, 4.69) is 20.7 Å². The Balaban J connectivity index is 1.75. The highest BCUT2D eigenvalue weighted by Gasteiger charge is 2.08. The fraction of sp³-hybridized carbons (Fsp3) is 0.133. The molecule has 0 bridgehead atoms. The number of aromatic amines is 1. The van der Waals surface area contributed by atoms with Crippen molar-refractivity contribution in [3.63, 3.8) is 0 Å². The van der Waals surface area contributed by atoms with Crippen LogP contribution in [-0.2, 0) is 6.54 Å². The van der Waals surface area contributed by atoms with Gasteiger partial charge in [0.2, 0.25) is 0 Å². The molecule has 0 radical (unpaired) electrons. The molecule has 3 rings (SSSR count). The Kier molecular flexibility index (Phi) is 3.61. The van der Waals surface area contributed by atoms with Gasteiger partial charge in [0.25, 0.3) is 11.5 Å². The van der Waals surface area contributed by atoms with Gasteiger partial charge in [0.1, 0.15) is 0 Å². The lowest BCUT2D eigenvalue weighted by Crippen LogP contribution is -2.25. The highest BCUT2D eigenvalue weighted by atomic mass is 16.1. The first-order valence-corrected chi connectivity index (χ1v) is 6.79. The van der Waals surface area contributed by atoms with E-state index in [1.54, 1.807) is 37.5 Å². The van der Waals surface area contributed by atoms with E-state index < -0.39 is 0 Å². The molecule has 0 aliphatic heterocycles. The maximum atomic E-state index is 12.1. The number of aromatic nitrogens is 3. The highest BCUT2D eigenvalue weighted by Crippen LogP contribution is 2.09. The van der Waals surface area contributed by atoms with Crippen molar-refractivity contribution >= 4 is 17.2 Å². The Hall–Kier alpha value is -3.09. The zero-order valence-corrected chi connectivity index (χ0v) is 12.0. The monoisotopic (exact) mass is 297 g/mol. The lowest BCUT2D eigenvalue weighted by atomic mass is 10.2. The second-order valence-corrected chi connectivity index (χ2v) is 4.76. The minimum Gasteiger partial charge on any atom is -0.388 e. The summed E-state index contributed by atoms with van der Waals surface area (Å²) in [6, 6.07) is 10.3. The maximum Gasteiger partial charge on any atom is 0.272 e. The Morgan fingerprint density at radius 3 is 3.00 bits per heavy atom. The lowest BCUT2D eigenvalue weighted by molar-refractivity contribution is 0.0950. The molecule has 1 aromatic carbocycles. The van der Waals surface area contributed by atoms with Gasteiger partial charge in [-0.2, -0.15) is 0 Å². The number of amides is 1. The number of anilines is 1. The van der Waals surface area contributed by atoms with E-state index in [0.29, 0.717) is 16.9 Å². The topological polar surface area (TPSA) is 91.3 Å². The minimum atomic E-state index is -0.215. The van der Waals surface area contributed by atoms with Crippen LogP contribution in [0.15, 0.2) is 47.4 Å². The van der Waals surface area contributed by atoms with Gasteiger partial charge in [0.15, 0.2) is 5.65 Å². The summed E-state index contributed by atoms with van der Waals surface area (Å²) >= 11 is 0. The summed E-state index contributed by atoms with van der Waals surface area (Å²) < 4.78 is 1.34. The summed E-state index contributed by atoms with van der Waals surface area (Å²) in [6.07, 6.45) is 1.63. The summed E-state index contributed by atoms with van der Waals surface area (Å²) in [4.78, 5) is 28.3. The molecule has 0 saturated heterocycles. The van der Waals surface area contributed by atoms with Crippen molar-refractivity contribution < 1.29 is 4.79 Å². The standard InChI is InChI=1S/C15H15N5O2/c1-16-11-4-2-3-10(7-11)15(22)17-9-12-8-14(21)20-13(19-12)5-6-18-20/h2-8,16,18H,9H2,1H3,(H,17,22). The number of nitrogens with zero attached hydrogens (tertiary/aromatic N) is 2. The van der Waals surface area contributed by atoms with Crippen LogP contribution in [0.25, 0.3) is 5.65 Å². The summed E-state index contributed by atoms with van der Waals surface area (Å²) in [5.41, 5.74) is 2.23. The van der Waals surface area contributed by atoms with E-state index in [1.807, 2.05) is 6.07 Å². The SMILES string of the molecule is CNc1cccc(C(=O)NCc2cc(=O)n3[nH]ccc3n2)c1. The second-order valence-electron chi connectivity index (χ2n) is 4.76. The van der Waals surface area contributed by atoms with Crippen LogP contribution in [0.3, 0.4) is 0 Å². The summed E-state index contributed by atoms with van der Waals surface area (Å²) in [5.74, 6) is -0.215. The number of fused-ring (bicyclic) bond motifs is 1. The van der Waals surface area contributed by atoms with Crippen molar-refractivity contribution in [2.45, 2.75) is 6.54 Å². The molecule has 1 amide bonds. The number of rotatable bonds is 4. The highest BCUT2D eigenvalue weighted by molar-refractivity contribution is 5.95. The number of hydrogen-bond acceptors (Lipinski definition) is 4. The average Bonchev–Trinajstić information content (AvgIpc) is 3.01. The van der Waals surface area contributed by atoms with E-state index in [9.17, 15) is 9.59 Å². The molecule has 22 heavy (non-hydrogen) atoms. The van der Waals surface area contributed by atoms with Crippen molar-refractivity contribution in [3.8, 4) is 0 Å². The van der Waals surface area contributed by atoms with Gasteiger partial charge in [-0.25, -0.2) is 9.50 Å². The predicted molar refractivity (Wildman–Crippen MR) is 83.0 cm³/mol. The van der Waals surface area contributed by atoms with Crippen LogP contribution in [0.4, 0.5) is 5.69 Å². The first-order chi connectivity index (χ1) is 10.7. The van der Waals surface area contributed by atoms with Crippen molar-refractivity contribution in [2.75, 3.05) is 12.4 Å². The second kappa shape index (κ2) is 5.72. The van der Waals surface area contributed by atoms with E-state index in [4.69, 9.17) is 0 Å². The quantitative estimate of drug-likeness (QED) is 0.670. The van der Waals surface area contributed by atoms with Crippen LogP contribution < -0.4 is 16.2 Å². The van der Waals surface area contributed by atoms with Crippen LogP contribution in [0.5, 0.6) is 0 Å². The fourth-order valence-electron chi connectivity index (χ4n) is 2.16. The van der Waals surface area contributed by atoms with Gasteiger partial charge in [-0.15, -0.1) is 0 Å². The molecule has 0 fully saturated rings. The maximum absolute atomic E-state index is 12.1. The van der Waals surface area contributed by atoms with Crippen molar-refractivity contribution in [1.82, 2.24) is 19.9 Å². The van der Waals surface area contributed by atoms with Crippen molar-refractivity contribution in [1.29, 1.82) is 0 Å². The molecule has 0 saturated carbocycles.